The lowest BCUT2D eigenvalue weighted by molar-refractivity contribution is -0.115. The standard InChI is InChI=1S/C25H23Cl2N3OS/c1-13-9-14(2)23(15(3)10-13)30-16(4)11-18(17(30)5)12-21-24(31)29-25(32-21)28-20-8-6-7-19(26)22(20)27/h6-12H,1-5H3,(H,28,29,31)/b21-12+. The summed E-state index contributed by atoms with van der Waals surface area (Å²) in [5.74, 6) is -0.181. The van der Waals surface area contributed by atoms with Crippen LogP contribution >= 0.6 is 35.0 Å². The highest BCUT2D eigenvalue weighted by atomic mass is 35.5. The van der Waals surface area contributed by atoms with Crippen LogP contribution in [0.25, 0.3) is 11.8 Å². The van der Waals surface area contributed by atoms with Gasteiger partial charge in [0.2, 0.25) is 0 Å². The first-order chi connectivity index (χ1) is 15.2. The van der Waals surface area contributed by atoms with Crippen LogP contribution < -0.4 is 5.32 Å². The van der Waals surface area contributed by atoms with Gasteiger partial charge in [-0.2, -0.15) is 0 Å². The average Bonchev–Trinajstić information content (AvgIpc) is 3.18. The number of aromatic nitrogens is 1. The van der Waals surface area contributed by atoms with Gasteiger partial charge in [-0.3, -0.25) is 4.79 Å². The van der Waals surface area contributed by atoms with Gasteiger partial charge in [-0.05, 0) is 87.3 Å². The van der Waals surface area contributed by atoms with Crippen molar-refractivity contribution < 1.29 is 4.79 Å². The Balaban J connectivity index is 1.70. The minimum absolute atomic E-state index is 0.181. The normalized spacial score (nSPS) is 16.3. The number of carbonyl (C=O) groups is 1. The molecule has 1 saturated heterocycles. The van der Waals surface area contributed by atoms with Crippen LogP contribution in [0.4, 0.5) is 5.69 Å². The first kappa shape index (κ1) is 22.7. The number of nitrogens with zero attached hydrogens (tertiary/aromatic N) is 2. The molecule has 1 N–H and O–H groups in total. The van der Waals surface area contributed by atoms with Crippen LogP contribution in [0.2, 0.25) is 10.0 Å². The van der Waals surface area contributed by atoms with Gasteiger partial charge in [-0.25, -0.2) is 4.99 Å². The number of amides is 1. The van der Waals surface area contributed by atoms with Crippen molar-refractivity contribution in [1.29, 1.82) is 0 Å². The first-order valence-electron chi connectivity index (χ1n) is 10.2. The fourth-order valence-corrected chi connectivity index (χ4v) is 5.28. The number of thioether (sulfide) groups is 1. The number of halogens is 2. The van der Waals surface area contributed by atoms with Gasteiger partial charge in [0, 0.05) is 11.4 Å². The molecule has 3 aromatic rings. The molecule has 0 bridgehead atoms. The van der Waals surface area contributed by atoms with E-state index < -0.39 is 0 Å². The molecule has 1 aromatic heterocycles. The van der Waals surface area contributed by atoms with E-state index in [9.17, 15) is 4.79 Å². The lowest BCUT2D eigenvalue weighted by Gasteiger charge is -2.17. The lowest BCUT2D eigenvalue weighted by Crippen LogP contribution is -2.19. The second kappa shape index (κ2) is 8.81. The summed E-state index contributed by atoms with van der Waals surface area (Å²) in [4.78, 5) is 17.7. The molecule has 32 heavy (non-hydrogen) atoms. The predicted molar refractivity (Wildman–Crippen MR) is 137 cm³/mol. The van der Waals surface area contributed by atoms with Crippen molar-refractivity contribution in [2.24, 2.45) is 4.99 Å². The molecule has 0 unspecified atom stereocenters. The van der Waals surface area contributed by atoms with Crippen LogP contribution in [0, 0.1) is 34.6 Å². The van der Waals surface area contributed by atoms with Crippen molar-refractivity contribution >= 4 is 57.8 Å². The van der Waals surface area contributed by atoms with Crippen LogP contribution in [0.3, 0.4) is 0 Å². The maximum absolute atomic E-state index is 12.6. The number of hydrogen-bond donors (Lipinski definition) is 1. The van der Waals surface area contributed by atoms with Crippen LogP contribution in [0.5, 0.6) is 0 Å². The average molecular weight is 484 g/mol. The van der Waals surface area contributed by atoms with E-state index >= 15 is 0 Å². The fourth-order valence-electron chi connectivity index (χ4n) is 4.11. The molecule has 0 radical (unpaired) electrons. The molecule has 1 aliphatic rings. The third-order valence-electron chi connectivity index (χ3n) is 5.42. The summed E-state index contributed by atoms with van der Waals surface area (Å²) in [6.45, 7) is 10.5. The van der Waals surface area contributed by atoms with Gasteiger partial charge in [0.1, 0.15) is 0 Å². The number of benzene rings is 2. The number of amidine groups is 1. The third kappa shape index (κ3) is 4.25. The van der Waals surface area contributed by atoms with Crippen LogP contribution in [-0.4, -0.2) is 15.6 Å². The van der Waals surface area contributed by atoms with Crippen LogP contribution in [-0.2, 0) is 4.79 Å². The Morgan fingerprint density at radius 1 is 1.03 bits per heavy atom. The zero-order valence-electron chi connectivity index (χ0n) is 18.5. The molecule has 4 nitrogen and oxygen atoms in total. The van der Waals surface area contributed by atoms with Gasteiger partial charge in [-0.15, -0.1) is 0 Å². The predicted octanol–water partition coefficient (Wildman–Crippen LogP) is 7.22. The Morgan fingerprint density at radius 3 is 2.41 bits per heavy atom. The van der Waals surface area contributed by atoms with Crippen molar-refractivity contribution in [2.45, 2.75) is 34.6 Å². The highest BCUT2D eigenvalue weighted by molar-refractivity contribution is 8.18. The van der Waals surface area contributed by atoms with Crippen molar-refractivity contribution in [3.63, 3.8) is 0 Å². The van der Waals surface area contributed by atoms with E-state index in [0.29, 0.717) is 25.8 Å². The van der Waals surface area contributed by atoms with E-state index in [4.69, 9.17) is 23.2 Å². The zero-order chi connectivity index (χ0) is 23.2. The van der Waals surface area contributed by atoms with E-state index in [2.05, 4.69) is 67.7 Å². The zero-order valence-corrected chi connectivity index (χ0v) is 20.8. The Kier molecular flexibility index (Phi) is 6.26. The van der Waals surface area contributed by atoms with E-state index in [0.717, 1.165) is 17.0 Å². The molecule has 0 atom stereocenters. The molecule has 0 saturated carbocycles. The van der Waals surface area contributed by atoms with E-state index in [1.807, 2.05) is 6.08 Å². The van der Waals surface area contributed by atoms with Gasteiger partial charge in [0.05, 0.1) is 26.3 Å². The maximum Gasteiger partial charge on any atom is 0.264 e. The molecule has 0 aliphatic carbocycles. The molecule has 2 heterocycles. The second-order valence-corrected chi connectivity index (χ2v) is 9.78. The monoisotopic (exact) mass is 483 g/mol. The summed E-state index contributed by atoms with van der Waals surface area (Å²) >= 11 is 13.6. The Morgan fingerprint density at radius 2 is 1.72 bits per heavy atom. The SMILES string of the molecule is Cc1cc(C)c(-n2c(C)cc(/C=C3/SC(=Nc4cccc(Cl)c4Cl)NC3=O)c2C)c(C)c1. The van der Waals surface area contributed by atoms with E-state index in [1.165, 1.54) is 34.1 Å². The topological polar surface area (TPSA) is 46.4 Å². The molecule has 7 heteroatoms. The molecule has 4 rings (SSSR count). The smallest absolute Gasteiger partial charge is 0.264 e. The summed E-state index contributed by atoms with van der Waals surface area (Å²) in [5.41, 5.74) is 8.62. The molecule has 2 aromatic carbocycles. The minimum atomic E-state index is -0.181. The van der Waals surface area contributed by atoms with Gasteiger partial charge in [0.25, 0.3) is 5.91 Å². The number of hydrogen-bond acceptors (Lipinski definition) is 3. The van der Waals surface area contributed by atoms with Gasteiger partial charge < -0.3 is 9.88 Å². The summed E-state index contributed by atoms with van der Waals surface area (Å²) in [6, 6.07) is 11.7. The lowest BCUT2D eigenvalue weighted by atomic mass is 10.0. The van der Waals surface area contributed by atoms with Crippen LogP contribution in [0.1, 0.15) is 33.6 Å². The molecule has 1 fully saturated rings. The molecule has 0 spiro atoms. The molecule has 164 valence electrons. The molecular weight excluding hydrogens is 461 g/mol. The fraction of sp³-hybridized carbons (Fsp3) is 0.200. The van der Waals surface area contributed by atoms with Gasteiger partial charge in [0.15, 0.2) is 5.17 Å². The molecule has 1 amide bonds. The number of carbonyl (C=O) groups excluding carboxylic acids is 1. The summed E-state index contributed by atoms with van der Waals surface area (Å²) < 4.78 is 2.26. The van der Waals surface area contributed by atoms with Crippen molar-refractivity contribution in [1.82, 2.24) is 9.88 Å². The van der Waals surface area contributed by atoms with Crippen molar-refractivity contribution in [2.75, 3.05) is 0 Å². The Bertz CT molecular complexity index is 1300. The molecule has 1 aliphatic heterocycles. The van der Waals surface area contributed by atoms with Gasteiger partial charge in [-0.1, -0.05) is 47.0 Å². The van der Waals surface area contributed by atoms with Crippen LogP contribution in [0.15, 0.2) is 46.3 Å². The maximum atomic E-state index is 12.6. The largest absolute Gasteiger partial charge is 0.317 e. The third-order valence-corrected chi connectivity index (χ3v) is 7.14. The number of aryl methyl sites for hydroxylation is 4. The Hall–Kier alpha value is -2.47. The van der Waals surface area contributed by atoms with Crippen molar-refractivity contribution in [3.05, 3.63) is 85.0 Å². The summed E-state index contributed by atoms with van der Waals surface area (Å²) in [5, 5.41) is 4.08. The van der Waals surface area contributed by atoms with E-state index in [-0.39, 0.29) is 5.91 Å². The highest BCUT2D eigenvalue weighted by Gasteiger charge is 2.25. The number of rotatable bonds is 3. The van der Waals surface area contributed by atoms with Gasteiger partial charge >= 0.3 is 0 Å². The number of nitrogens with one attached hydrogen (secondary N) is 1. The van der Waals surface area contributed by atoms with Crippen molar-refractivity contribution in [3.8, 4) is 5.69 Å². The minimum Gasteiger partial charge on any atom is -0.317 e. The second-order valence-electron chi connectivity index (χ2n) is 7.96. The summed E-state index contributed by atoms with van der Waals surface area (Å²) in [7, 11) is 0. The molecular formula is C25H23Cl2N3OS. The quantitative estimate of drug-likeness (QED) is 0.399. The highest BCUT2D eigenvalue weighted by Crippen LogP contribution is 2.35. The Labute approximate surface area is 202 Å². The summed E-state index contributed by atoms with van der Waals surface area (Å²) in [6.07, 6.45) is 1.92. The van der Waals surface area contributed by atoms with E-state index in [1.54, 1.807) is 18.2 Å². The number of aliphatic imine (C=N–C) groups is 1. The first-order valence-corrected chi connectivity index (χ1v) is 11.7.